The number of carbonyl (C=O) groups is 1. The molecule has 0 aromatic heterocycles. The summed E-state index contributed by atoms with van der Waals surface area (Å²) in [7, 11) is 0.327. The number of hydrogen-bond donors (Lipinski definition) is 1. The lowest BCUT2D eigenvalue weighted by Crippen LogP contribution is -2.49. The second kappa shape index (κ2) is 10.5. The molecule has 37 heavy (non-hydrogen) atoms. The second-order valence-corrected chi connectivity index (χ2v) is 13.3. The zero-order valence-corrected chi connectivity index (χ0v) is 22.7. The predicted molar refractivity (Wildman–Crippen MR) is 139 cm³/mol. The Balaban J connectivity index is 1.20. The lowest BCUT2D eigenvalue weighted by Gasteiger charge is -2.40. The number of aliphatic hydroxyl groups is 1. The Morgan fingerprint density at radius 2 is 1.70 bits per heavy atom. The number of anilines is 1. The van der Waals surface area contributed by atoms with E-state index in [1.165, 1.54) is 0 Å². The van der Waals surface area contributed by atoms with Crippen LogP contribution >= 0.6 is 0 Å². The van der Waals surface area contributed by atoms with Crippen molar-refractivity contribution in [3.63, 3.8) is 0 Å². The summed E-state index contributed by atoms with van der Waals surface area (Å²) in [4.78, 5) is 31.1. The first kappa shape index (κ1) is 26.4. The fraction of sp³-hybridized carbons (Fsp3) is 0.731. The van der Waals surface area contributed by atoms with Crippen molar-refractivity contribution in [1.82, 2.24) is 14.2 Å². The summed E-state index contributed by atoms with van der Waals surface area (Å²) < 4.78 is 28.1. The van der Waals surface area contributed by atoms with E-state index in [0.29, 0.717) is 49.5 Å². The lowest BCUT2D eigenvalue weighted by atomic mass is 9.75. The first-order valence-corrected chi connectivity index (χ1v) is 15.0. The Morgan fingerprint density at radius 3 is 2.32 bits per heavy atom. The molecule has 1 N–H and O–H groups in total. The molecule has 11 heteroatoms. The first-order chi connectivity index (χ1) is 17.7. The first-order valence-electron chi connectivity index (χ1n) is 13.6. The van der Waals surface area contributed by atoms with E-state index < -0.39 is 10.0 Å². The number of likely N-dealkylation sites (tertiary alicyclic amines) is 1. The topological polar surface area (TPSA) is 104 Å². The van der Waals surface area contributed by atoms with Gasteiger partial charge in [-0.2, -0.15) is 4.31 Å². The third-order valence-electron chi connectivity index (χ3n) is 9.09. The highest BCUT2D eigenvalue weighted by Gasteiger charge is 2.55. The number of fused-ring (bicyclic) bond motifs is 1. The standard InChI is InChI=1S/C26H40N5O5S/c1-27(2)22-3-5-23(6-4-22)37(35,36)29-12-8-20(9-13-29)21-10-14-30-25(15-21)24(17-31(30)34)26(33)28-11-7-19(16-28)18-32/h3-6,19-21,24-25,32H,7-18H2,1-2H3/q+1. The summed E-state index contributed by atoms with van der Waals surface area (Å²) in [6.07, 6.45) is 4.12. The van der Waals surface area contributed by atoms with Gasteiger partial charge in [0.1, 0.15) is 16.8 Å². The Kier molecular flexibility index (Phi) is 7.48. The van der Waals surface area contributed by atoms with Gasteiger partial charge in [-0.25, -0.2) is 8.42 Å². The monoisotopic (exact) mass is 534 g/mol. The minimum Gasteiger partial charge on any atom is -0.396 e. The van der Waals surface area contributed by atoms with Gasteiger partial charge in [-0.15, -0.1) is 5.01 Å². The van der Waals surface area contributed by atoms with Crippen LogP contribution in [-0.4, -0.2) is 105 Å². The molecule has 1 aromatic rings. The van der Waals surface area contributed by atoms with Gasteiger partial charge in [-0.1, -0.05) is 0 Å². The quantitative estimate of drug-likeness (QED) is 0.550. The van der Waals surface area contributed by atoms with Crippen LogP contribution in [0.15, 0.2) is 29.2 Å². The zero-order chi connectivity index (χ0) is 26.3. The van der Waals surface area contributed by atoms with Gasteiger partial charge in [0, 0.05) is 58.5 Å². The Morgan fingerprint density at radius 1 is 1.03 bits per heavy atom. The number of carbonyl (C=O) groups excluding carboxylic acids is 1. The van der Waals surface area contributed by atoms with Crippen molar-refractivity contribution in [1.29, 1.82) is 0 Å². The van der Waals surface area contributed by atoms with Crippen LogP contribution in [0, 0.1) is 28.6 Å². The van der Waals surface area contributed by atoms with Crippen molar-refractivity contribution >= 4 is 21.6 Å². The summed E-state index contributed by atoms with van der Waals surface area (Å²) in [5.41, 5.74) is 0.960. The molecule has 1 amide bonds. The van der Waals surface area contributed by atoms with Gasteiger partial charge in [-0.05, 0) is 68.2 Å². The molecule has 0 saturated carbocycles. The highest BCUT2D eigenvalue weighted by molar-refractivity contribution is 7.89. The van der Waals surface area contributed by atoms with Crippen LogP contribution in [0.4, 0.5) is 5.69 Å². The van der Waals surface area contributed by atoms with Crippen molar-refractivity contribution in [2.45, 2.75) is 43.0 Å². The molecule has 4 saturated heterocycles. The molecule has 4 atom stereocenters. The molecule has 4 aliphatic heterocycles. The third-order valence-corrected chi connectivity index (χ3v) is 11.0. The number of benzene rings is 1. The molecule has 4 aliphatic rings. The summed E-state index contributed by atoms with van der Waals surface area (Å²) >= 11 is 0. The van der Waals surface area contributed by atoms with E-state index >= 15 is 0 Å². The summed E-state index contributed by atoms with van der Waals surface area (Å²) in [5.74, 6) is 0.633. The maximum absolute atomic E-state index is 13.3. The molecule has 4 unspecified atom stereocenters. The molecule has 0 aliphatic carbocycles. The van der Waals surface area contributed by atoms with Crippen molar-refractivity contribution in [3.05, 3.63) is 29.2 Å². The van der Waals surface area contributed by atoms with Gasteiger partial charge in [0.05, 0.1) is 16.3 Å². The van der Waals surface area contributed by atoms with Crippen LogP contribution in [0.2, 0.25) is 0 Å². The molecule has 1 aromatic carbocycles. The van der Waals surface area contributed by atoms with Crippen molar-refractivity contribution in [2.24, 2.45) is 23.7 Å². The minimum absolute atomic E-state index is 0.0474. The average molecular weight is 535 g/mol. The van der Waals surface area contributed by atoms with Crippen molar-refractivity contribution < 1.29 is 23.2 Å². The van der Waals surface area contributed by atoms with E-state index in [1.807, 2.05) is 41.0 Å². The van der Waals surface area contributed by atoms with Gasteiger partial charge in [0.25, 0.3) is 0 Å². The van der Waals surface area contributed by atoms with Crippen LogP contribution in [0.5, 0.6) is 0 Å². The number of nitrogens with zero attached hydrogens (tertiary/aromatic N) is 5. The van der Waals surface area contributed by atoms with Gasteiger partial charge in [-0.3, -0.25) is 4.79 Å². The van der Waals surface area contributed by atoms with Crippen molar-refractivity contribution in [3.8, 4) is 0 Å². The van der Waals surface area contributed by atoms with Crippen LogP contribution in [0.1, 0.15) is 32.1 Å². The SMILES string of the molecule is CN(C)c1ccc(S(=O)(=O)N2CCC(C3CCN4C(C3)C(C(=O)N3CCC(CO)C3)C[N+]4=O)CC2)cc1. The Bertz CT molecular complexity index is 1100. The van der Waals surface area contributed by atoms with Crippen molar-refractivity contribution in [2.75, 3.05) is 64.9 Å². The molecule has 10 nitrogen and oxygen atoms in total. The number of aliphatic hydroxyl groups excluding tert-OH is 1. The normalized spacial score (nSPS) is 29.5. The number of nitroso groups, excluding NO2 is 1. The van der Waals surface area contributed by atoms with Crippen LogP contribution in [0.25, 0.3) is 0 Å². The maximum atomic E-state index is 13.3. The van der Waals surface area contributed by atoms with Gasteiger partial charge >= 0.3 is 0 Å². The van der Waals surface area contributed by atoms with E-state index in [1.54, 1.807) is 16.4 Å². The highest BCUT2D eigenvalue weighted by Crippen LogP contribution is 2.40. The zero-order valence-electron chi connectivity index (χ0n) is 21.9. The second-order valence-electron chi connectivity index (χ2n) is 11.4. The Labute approximate surface area is 219 Å². The summed E-state index contributed by atoms with van der Waals surface area (Å²) in [5, 5.41) is 11.3. The van der Waals surface area contributed by atoms with E-state index in [0.717, 1.165) is 42.7 Å². The molecule has 0 radical (unpaired) electrons. The van der Waals surface area contributed by atoms with Gasteiger partial charge in [0.15, 0.2) is 0 Å². The Hall–Kier alpha value is -2.24. The summed E-state index contributed by atoms with van der Waals surface area (Å²) in [6.45, 7) is 3.18. The molecule has 5 rings (SSSR count). The maximum Gasteiger partial charge on any atom is 0.243 e. The molecule has 204 valence electrons. The van der Waals surface area contributed by atoms with E-state index in [-0.39, 0.29) is 36.9 Å². The lowest BCUT2D eigenvalue weighted by molar-refractivity contribution is -0.692. The largest absolute Gasteiger partial charge is 0.396 e. The van der Waals surface area contributed by atoms with Crippen LogP contribution < -0.4 is 4.90 Å². The van der Waals surface area contributed by atoms with Gasteiger partial charge < -0.3 is 14.9 Å². The number of sulfonamides is 1. The molecular weight excluding hydrogens is 494 g/mol. The average Bonchev–Trinajstić information content (AvgIpc) is 3.53. The number of piperidine rings is 2. The van der Waals surface area contributed by atoms with E-state index in [9.17, 15) is 23.2 Å². The fourth-order valence-corrected chi connectivity index (χ4v) is 8.27. The number of hydrogen-bond acceptors (Lipinski definition) is 6. The third kappa shape index (κ3) is 5.09. The number of amides is 1. The summed E-state index contributed by atoms with van der Waals surface area (Å²) in [6, 6.07) is 6.94. The van der Waals surface area contributed by atoms with E-state index in [2.05, 4.69) is 0 Å². The molecule has 4 fully saturated rings. The number of hydrazine groups is 1. The molecule has 4 heterocycles. The fourth-order valence-electron chi connectivity index (χ4n) is 6.80. The minimum atomic E-state index is -3.53. The van der Waals surface area contributed by atoms with Crippen LogP contribution in [-0.2, 0) is 14.8 Å². The van der Waals surface area contributed by atoms with E-state index in [4.69, 9.17) is 0 Å². The van der Waals surface area contributed by atoms with Gasteiger partial charge in [0.2, 0.25) is 22.5 Å². The predicted octanol–water partition coefficient (Wildman–Crippen LogP) is 1.40. The molecular formula is C26H40N5O5S+. The molecule has 0 spiro atoms. The highest BCUT2D eigenvalue weighted by atomic mass is 32.2. The van der Waals surface area contributed by atoms with Crippen LogP contribution in [0.3, 0.4) is 0 Å². The molecule has 0 bridgehead atoms. The smallest absolute Gasteiger partial charge is 0.243 e. The number of rotatable bonds is 6.